The molecular weight excluding hydrogens is 382 g/mol. The van der Waals surface area contributed by atoms with Gasteiger partial charge in [0.05, 0.1) is 6.04 Å². The number of amides is 2. The van der Waals surface area contributed by atoms with Crippen molar-refractivity contribution in [2.24, 2.45) is 0 Å². The molecule has 0 saturated carbocycles. The third-order valence-corrected chi connectivity index (χ3v) is 6.23. The van der Waals surface area contributed by atoms with Crippen LogP contribution in [0.1, 0.15) is 33.9 Å². The molecule has 3 aromatic rings. The molecule has 0 aliphatic carbocycles. The third-order valence-electron chi connectivity index (χ3n) is 6.23. The molecule has 160 valence electrons. The van der Waals surface area contributed by atoms with Gasteiger partial charge in [0.15, 0.2) is 0 Å². The highest BCUT2D eigenvalue weighted by Gasteiger charge is 2.29. The Labute approximate surface area is 185 Å². The van der Waals surface area contributed by atoms with E-state index in [1.54, 1.807) is 0 Å². The van der Waals surface area contributed by atoms with Crippen LogP contribution in [0.2, 0.25) is 0 Å². The van der Waals surface area contributed by atoms with Crippen molar-refractivity contribution in [3.8, 4) is 0 Å². The van der Waals surface area contributed by atoms with Gasteiger partial charge in [-0.05, 0) is 49.1 Å². The summed E-state index contributed by atoms with van der Waals surface area (Å²) in [5.74, 6) is 0. The van der Waals surface area contributed by atoms with Crippen molar-refractivity contribution in [3.05, 3.63) is 101 Å². The topological polar surface area (TPSA) is 35.6 Å². The number of rotatable bonds is 4. The Hall–Kier alpha value is -3.11. The zero-order chi connectivity index (χ0) is 21.8. The highest BCUT2D eigenvalue weighted by molar-refractivity contribution is 5.90. The van der Waals surface area contributed by atoms with Crippen LogP contribution in [-0.2, 0) is 0 Å². The van der Waals surface area contributed by atoms with Crippen molar-refractivity contribution in [1.82, 2.24) is 9.80 Å². The first kappa shape index (κ1) is 21.1. The summed E-state index contributed by atoms with van der Waals surface area (Å²) in [6.45, 7) is 9.43. The maximum absolute atomic E-state index is 12.8. The van der Waals surface area contributed by atoms with E-state index < -0.39 is 0 Å². The van der Waals surface area contributed by atoms with Crippen LogP contribution in [0.5, 0.6) is 0 Å². The van der Waals surface area contributed by atoms with Gasteiger partial charge < -0.3 is 10.2 Å². The predicted molar refractivity (Wildman–Crippen MR) is 128 cm³/mol. The number of piperazine rings is 1. The number of benzene rings is 3. The predicted octanol–water partition coefficient (Wildman–Crippen LogP) is 5.55. The zero-order valence-electron chi connectivity index (χ0n) is 18.6. The summed E-state index contributed by atoms with van der Waals surface area (Å²) >= 11 is 0. The summed E-state index contributed by atoms with van der Waals surface area (Å²) < 4.78 is 0. The molecule has 1 atom stereocenters. The molecule has 4 rings (SSSR count). The largest absolute Gasteiger partial charge is 0.322 e. The van der Waals surface area contributed by atoms with Crippen molar-refractivity contribution in [2.45, 2.75) is 26.8 Å². The molecule has 1 N–H and O–H groups in total. The lowest BCUT2D eigenvalue weighted by molar-refractivity contribution is 0.126. The lowest BCUT2D eigenvalue weighted by Crippen LogP contribution is -2.51. The number of aryl methyl sites for hydroxylation is 3. The second kappa shape index (κ2) is 9.36. The first-order valence-corrected chi connectivity index (χ1v) is 11.0. The van der Waals surface area contributed by atoms with Gasteiger partial charge >= 0.3 is 6.03 Å². The number of hydrogen-bond donors (Lipinski definition) is 1. The summed E-state index contributed by atoms with van der Waals surface area (Å²) in [5.41, 5.74) is 7.17. The van der Waals surface area contributed by atoms with Crippen molar-refractivity contribution in [2.75, 3.05) is 31.5 Å². The fourth-order valence-electron chi connectivity index (χ4n) is 4.32. The highest BCUT2D eigenvalue weighted by Crippen LogP contribution is 2.32. The maximum Gasteiger partial charge on any atom is 0.321 e. The van der Waals surface area contributed by atoms with Crippen LogP contribution in [0.25, 0.3) is 0 Å². The van der Waals surface area contributed by atoms with E-state index in [1.807, 2.05) is 36.1 Å². The van der Waals surface area contributed by atoms with Crippen molar-refractivity contribution >= 4 is 11.7 Å². The van der Waals surface area contributed by atoms with E-state index in [0.717, 1.165) is 24.3 Å². The van der Waals surface area contributed by atoms with Gasteiger partial charge in [0, 0.05) is 31.9 Å². The Kier molecular flexibility index (Phi) is 6.38. The van der Waals surface area contributed by atoms with Crippen LogP contribution in [0.4, 0.5) is 10.5 Å². The zero-order valence-corrected chi connectivity index (χ0v) is 18.6. The quantitative estimate of drug-likeness (QED) is 0.609. The van der Waals surface area contributed by atoms with E-state index in [9.17, 15) is 4.79 Å². The van der Waals surface area contributed by atoms with E-state index in [4.69, 9.17) is 0 Å². The molecule has 0 bridgehead atoms. The number of anilines is 1. The third kappa shape index (κ3) is 4.80. The fourth-order valence-corrected chi connectivity index (χ4v) is 4.32. The molecule has 4 nitrogen and oxygen atoms in total. The minimum absolute atomic E-state index is 0.0169. The Bertz CT molecular complexity index is 1040. The molecule has 0 unspecified atom stereocenters. The normalized spacial score (nSPS) is 15.5. The number of carbonyl (C=O) groups excluding carboxylic acids is 1. The van der Waals surface area contributed by atoms with Gasteiger partial charge in [0.2, 0.25) is 0 Å². The highest BCUT2D eigenvalue weighted by atomic mass is 16.2. The summed E-state index contributed by atoms with van der Waals surface area (Å²) in [4.78, 5) is 17.3. The second-order valence-corrected chi connectivity index (χ2v) is 8.44. The summed E-state index contributed by atoms with van der Waals surface area (Å²) in [7, 11) is 0. The minimum atomic E-state index is -0.0169. The van der Waals surface area contributed by atoms with Crippen LogP contribution >= 0.6 is 0 Å². The lowest BCUT2D eigenvalue weighted by Gasteiger charge is -2.40. The Morgan fingerprint density at radius 3 is 2.03 bits per heavy atom. The Balaban J connectivity index is 1.50. The van der Waals surface area contributed by atoms with E-state index >= 15 is 0 Å². The first-order chi connectivity index (χ1) is 15.0. The molecule has 31 heavy (non-hydrogen) atoms. The van der Waals surface area contributed by atoms with E-state index in [-0.39, 0.29) is 12.1 Å². The van der Waals surface area contributed by atoms with Gasteiger partial charge in [-0.2, -0.15) is 0 Å². The number of nitrogens with zero attached hydrogens (tertiary/aromatic N) is 2. The van der Waals surface area contributed by atoms with Gasteiger partial charge in [-0.1, -0.05) is 72.3 Å². The number of carbonyl (C=O) groups is 1. The van der Waals surface area contributed by atoms with E-state index in [2.05, 4.69) is 72.6 Å². The SMILES string of the molecule is Cc1ccc([C@@H](c2ccccc2C)N2CCN(C(=O)Nc3ccccc3C)CC2)cc1. The molecule has 2 amide bonds. The Morgan fingerprint density at radius 1 is 0.774 bits per heavy atom. The standard InChI is InChI=1S/C27H31N3O/c1-20-12-14-23(15-13-20)26(24-10-6-4-8-21(24)2)29-16-18-30(19-17-29)27(31)28-25-11-7-5-9-22(25)3/h4-15,26H,16-19H2,1-3H3,(H,28,31)/t26-/m0/s1. The van der Waals surface area contributed by atoms with Gasteiger partial charge in [0.25, 0.3) is 0 Å². The second-order valence-electron chi connectivity index (χ2n) is 8.44. The smallest absolute Gasteiger partial charge is 0.321 e. The number of urea groups is 1. The molecule has 1 saturated heterocycles. The molecule has 1 fully saturated rings. The number of nitrogens with one attached hydrogen (secondary N) is 1. The average Bonchev–Trinajstić information content (AvgIpc) is 2.78. The summed E-state index contributed by atoms with van der Waals surface area (Å²) in [5, 5.41) is 3.07. The monoisotopic (exact) mass is 413 g/mol. The van der Waals surface area contributed by atoms with Gasteiger partial charge in [-0.3, -0.25) is 4.90 Å². The molecule has 0 spiro atoms. The molecule has 0 aromatic heterocycles. The minimum Gasteiger partial charge on any atom is -0.322 e. The number of hydrogen-bond acceptors (Lipinski definition) is 2. The molecule has 4 heteroatoms. The van der Waals surface area contributed by atoms with Crippen LogP contribution in [-0.4, -0.2) is 42.0 Å². The van der Waals surface area contributed by atoms with Crippen LogP contribution < -0.4 is 5.32 Å². The van der Waals surface area contributed by atoms with E-state index in [1.165, 1.54) is 22.3 Å². The van der Waals surface area contributed by atoms with Crippen LogP contribution in [0, 0.1) is 20.8 Å². The fraction of sp³-hybridized carbons (Fsp3) is 0.296. The lowest BCUT2D eigenvalue weighted by atomic mass is 9.92. The molecule has 3 aromatic carbocycles. The molecule has 0 radical (unpaired) electrons. The summed E-state index contributed by atoms with van der Waals surface area (Å²) in [6, 6.07) is 25.6. The molecule has 1 aliphatic heterocycles. The summed E-state index contributed by atoms with van der Waals surface area (Å²) in [6.07, 6.45) is 0. The van der Waals surface area contributed by atoms with E-state index in [0.29, 0.717) is 13.1 Å². The molecule has 1 heterocycles. The Morgan fingerprint density at radius 2 is 1.39 bits per heavy atom. The van der Waals surface area contributed by atoms with Gasteiger partial charge in [0.1, 0.15) is 0 Å². The first-order valence-electron chi connectivity index (χ1n) is 11.0. The molecular formula is C27H31N3O. The van der Waals surface area contributed by atoms with Crippen LogP contribution in [0.3, 0.4) is 0 Å². The molecule has 1 aliphatic rings. The van der Waals surface area contributed by atoms with Crippen molar-refractivity contribution in [1.29, 1.82) is 0 Å². The van der Waals surface area contributed by atoms with Gasteiger partial charge in [-0.25, -0.2) is 4.79 Å². The number of para-hydroxylation sites is 1. The maximum atomic E-state index is 12.8. The van der Waals surface area contributed by atoms with Crippen molar-refractivity contribution < 1.29 is 4.79 Å². The van der Waals surface area contributed by atoms with Gasteiger partial charge in [-0.15, -0.1) is 0 Å². The van der Waals surface area contributed by atoms with Crippen molar-refractivity contribution in [3.63, 3.8) is 0 Å². The average molecular weight is 414 g/mol. The van der Waals surface area contributed by atoms with Crippen LogP contribution in [0.15, 0.2) is 72.8 Å².